The predicted octanol–water partition coefficient (Wildman–Crippen LogP) is 4.01. The monoisotopic (exact) mass is 388 g/mol. The molecule has 6 nitrogen and oxygen atoms in total. The average molecular weight is 388 g/mol. The average Bonchev–Trinajstić information content (AvgIpc) is 2.87. The molecule has 0 radical (unpaired) electrons. The predicted molar refractivity (Wildman–Crippen MR) is 110 cm³/mol. The van der Waals surface area contributed by atoms with Crippen molar-refractivity contribution in [3.05, 3.63) is 83.4 Å². The second kappa shape index (κ2) is 7.67. The van der Waals surface area contributed by atoms with Gasteiger partial charge in [0.15, 0.2) is 5.75 Å². The second-order valence-corrected chi connectivity index (χ2v) is 6.64. The molecule has 0 unspecified atom stereocenters. The Morgan fingerprint density at radius 2 is 1.79 bits per heavy atom. The van der Waals surface area contributed by atoms with Gasteiger partial charge in [0.05, 0.1) is 18.4 Å². The van der Waals surface area contributed by atoms with Crippen molar-refractivity contribution in [2.45, 2.75) is 6.54 Å². The van der Waals surface area contributed by atoms with Gasteiger partial charge in [-0.1, -0.05) is 30.3 Å². The van der Waals surface area contributed by atoms with E-state index >= 15 is 0 Å². The van der Waals surface area contributed by atoms with Gasteiger partial charge in [0.1, 0.15) is 11.5 Å². The third-order valence-corrected chi connectivity index (χ3v) is 4.86. The third kappa shape index (κ3) is 3.52. The summed E-state index contributed by atoms with van der Waals surface area (Å²) in [5.41, 5.74) is 2.33. The maximum atomic E-state index is 12.8. The molecule has 29 heavy (non-hydrogen) atoms. The fraction of sp³-hybridized carbons (Fsp3) is 0.130. The summed E-state index contributed by atoms with van der Waals surface area (Å²) in [6.45, 7) is 0.330. The van der Waals surface area contributed by atoms with E-state index in [4.69, 9.17) is 9.47 Å². The van der Waals surface area contributed by atoms with E-state index in [2.05, 4.69) is 5.32 Å². The molecular weight excluding hydrogens is 368 g/mol. The summed E-state index contributed by atoms with van der Waals surface area (Å²) in [5, 5.41) is 2.89. The van der Waals surface area contributed by atoms with Crippen LogP contribution in [0, 0.1) is 0 Å². The van der Waals surface area contributed by atoms with E-state index in [1.807, 2.05) is 30.3 Å². The van der Waals surface area contributed by atoms with Crippen LogP contribution in [-0.2, 0) is 6.54 Å². The standard InChI is InChI=1S/C23H20N2O4/c1-25-18-13-15(22(26)24-14-16-7-3-5-9-19(16)28-2)11-12-21(18)29-20-10-6-4-8-17(20)23(25)27/h3-13H,14H2,1-2H3,(H,24,26). The minimum absolute atomic E-state index is 0.189. The zero-order valence-corrected chi connectivity index (χ0v) is 16.1. The van der Waals surface area contributed by atoms with Crippen molar-refractivity contribution < 1.29 is 19.1 Å². The summed E-state index contributed by atoms with van der Waals surface area (Å²) in [6, 6.07) is 19.7. The van der Waals surface area contributed by atoms with Gasteiger partial charge in [-0.25, -0.2) is 0 Å². The Kier molecular flexibility index (Phi) is 4.91. The van der Waals surface area contributed by atoms with Crippen LogP contribution >= 0.6 is 0 Å². The molecule has 4 rings (SSSR count). The molecule has 0 aromatic heterocycles. The van der Waals surface area contributed by atoms with Crippen molar-refractivity contribution in [2.24, 2.45) is 0 Å². The number of carbonyl (C=O) groups is 2. The quantitative estimate of drug-likeness (QED) is 0.733. The summed E-state index contributed by atoms with van der Waals surface area (Å²) in [7, 11) is 3.26. The number of carbonyl (C=O) groups excluding carboxylic acids is 2. The number of hydrogen-bond acceptors (Lipinski definition) is 4. The molecule has 0 fully saturated rings. The van der Waals surface area contributed by atoms with E-state index in [9.17, 15) is 9.59 Å². The first-order valence-corrected chi connectivity index (χ1v) is 9.17. The van der Waals surface area contributed by atoms with Gasteiger partial charge in [0.25, 0.3) is 11.8 Å². The highest BCUT2D eigenvalue weighted by molar-refractivity contribution is 6.10. The zero-order chi connectivity index (χ0) is 20.4. The van der Waals surface area contributed by atoms with Crippen molar-refractivity contribution in [3.8, 4) is 17.2 Å². The molecular formula is C23H20N2O4. The Morgan fingerprint density at radius 3 is 2.62 bits per heavy atom. The van der Waals surface area contributed by atoms with E-state index in [0.29, 0.717) is 40.6 Å². The molecule has 3 aromatic rings. The highest BCUT2D eigenvalue weighted by atomic mass is 16.5. The highest BCUT2D eigenvalue weighted by Gasteiger charge is 2.26. The van der Waals surface area contributed by atoms with Crippen molar-refractivity contribution in [1.82, 2.24) is 5.32 Å². The fourth-order valence-corrected chi connectivity index (χ4v) is 3.27. The molecule has 1 heterocycles. The number of hydrogen-bond donors (Lipinski definition) is 1. The summed E-state index contributed by atoms with van der Waals surface area (Å²) >= 11 is 0. The van der Waals surface area contributed by atoms with Crippen LogP contribution in [0.15, 0.2) is 66.7 Å². The number of rotatable bonds is 4. The Hall–Kier alpha value is -3.80. The van der Waals surface area contributed by atoms with E-state index in [1.54, 1.807) is 50.6 Å². The van der Waals surface area contributed by atoms with Crippen molar-refractivity contribution in [1.29, 1.82) is 0 Å². The second-order valence-electron chi connectivity index (χ2n) is 6.64. The Labute approximate surface area is 168 Å². The van der Waals surface area contributed by atoms with Crippen LogP contribution in [0.1, 0.15) is 26.3 Å². The maximum absolute atomic E-state index is 12.8. The van der Waals surface area contributed by atoms with E-state index in [-0.39, 0.29) is 11.8 Å². The minimum atomic E-state index is -0.249. The van der Waals surface area contributed by atoms with Gasteiger partial charge in [-0.15, -0.1) is 0 Å². The van der Waals surface area contributed by atoms with Gasteiger partial charge in [-0.3, -0.25) is 9.59 Å². The number of nitrogens with zero attached hydrogens (tertiary/aromatic N) is 1. The van der Waals surface area contributed by atoms with Crippen LogP contribution in [0.4, 0.5) is 5.69 Å². The highest BCUT2D eigenvalue weighted by Crippen LogP contribution is 2.38. The first kappa shape index (κ1) is 18.6. The zero-order valence-electron chi connectivity index (χ0n) is 16.1. The van der Waals surface area contributed by atoms with E-state index < -0.39 is 0 Å². The molecule has 1 N–H and O–H groups in total. The van der Waals surface area contributed by atoms with Gasteiger partial charge < -0.3 is 19.7 Å². The Balaban J connectivity index is 1.58. The Morgan fingerprint density at radius 1 is 1.03 bits per heavy atom. The molecule has 1 aliphatic heterocycles. The molecule has 0 aliphatic carbocycles. The molecule has 2 amide bonds. The molecule has 0 saturated heterocycles. The van der Waals surface area contributed by atoms with E-state index in [1.165, 1.54) is 4.90 Å². The van der Waals surface area contributed by atoms with Crippen LogP contribution in [-0.4, -0.2) is 26.0 Å². The fourth-order valence-electron chi connectivity index (χ4n) is 3.27. The Bertz CT molecular complexity index is 1090. The molecule has 0 saturated carbocycles. The largest absolute Gasteiger partial charge is 0.496 e. The number of para-hydroxylation sites is 2. The molecule has 0 spiro atoms. The van der Waals surface area contributed by atoms with Crippen molar-refractivity contribution in [3.63, 3.8) is 0 Å². The van der Waals surface area contributed by atoms with Crippen LogP contribution in [0.5, 0.6) is 17.2 Å². The van der Waals surface area contributed by atoms with Crippen LogP contribution in [0.3, 0.4) is 0 Å². The summed E-state index contributed by atoms with van der Waals surface area (Å²) in [5.74, 6) is 1.29. The summed E-state index contributed by atoms with van der Waals surface area (Å²) in [6.07, 6.45) is 0. The van der Waals surface area contributed by atoms with Gasteiger partial charge in [0, 0.05) is 24.7 Å². The molecule has 3 aromatic carbocycles. The SMILES string of the molecule is COc1ccccc1CNC(=O)c1ccc2c(c1)N(C)C(=O)c1ccccc1O2. The molecule has 6 heteroatoms. The molecule has 0 atom stereocenters. The first-order valence-electron chi connectivity index (χ1n) is 9.17. The number of amides is 2. The number of ether oxygens (including phenoxy) is 2. The van der Waals surface area contributed by atoms with E-state index in [0.717, 1.165) is 5.56 Å². The van der Waals surface area contributed by atoms with Gasteiger partial charge in [0.2, 0.25) is 0 Å². The van der Waals surface area contributed by atoms with Crippen LogP contribution in [0.25, 0.3) is 0 Å². The molecule has 146 valence electrons. The van der Waals surface area contributed by atoms with Crippen LogP contribution < -0.4 is 19.7 Å². The van der Waals surface area contributed by atoms with Crippen molar-refractivity contribution in [2.75, 3.05) is 19.1 Å². The topological polar surface area (TPSA) is 67.9 Å². The van der Waals surface area contributed by atoms with Gasteiger partial charge >= 0.3 is 0 Å². The maximum Gasteiger partial charge on any atom is 0.261 e. The number of nitrogens with one attached hydrogen (secondary N) is 1. The minimum Gasteiger partial charge on any atom is -0.496 e. The lowest BCUT2D eigenvalue weighted by Crippen LogP contribution is -2.26. The molecule has 0 bridgehead atoms. The number of benzene rings is 3. The van der Waals surface area contributed by atoms with Gasteiger partial charge in [-0.05, 0) is 36.4 Å². The lowest BCUT2D eigenvalue weighted by Gasteiger charge is -2.17. The van der Waals surface area contributed by atoms with Crippen LogP contribution in [0.2, 0.25) is 0 Å². The molecule has 1 aliphatic rings. The van der Waals surface area contributed by atoms with Crippen molar-refractivity contribution >= 4 is 17.5 Å². The smallest absolute Gasteiger partial charge is 0.261 e. The lowest BCUT2D eigenvalue weighted by molar-refractivity contribution is 0.0948. The number of fused-ring (bicyclic) bond motifs is 2. The summed E-state index contributed by atoms with van der Waals surface area (Å²) < 4.78 is 11.2. The number of anilines is 1. The normalized spacial score (nSPS) is 12.3. The number of methoxy groups -OCH3 is 1. The third-order valence-electron chi connectivity index (χ3n) is 4.86. The van der Waals surface area contributed by atoms with Gasteiger partial charge in [-0.2, -0.15) is 0 Å². The summed E-state index contributed by atoms with van der Waals surface area (Å²) in [4.78, 5) is 27.0. The lowest BCUT2D eigenvalue weighted by atomic mass is 10.1. The first-order chi connectivity index (χ1) is 14.1.